The fraction of sp³-hybridized carbons (Fsp3) is 0. The summed E-state index contributed by atoms with van der Waals surface area (Å²) in [5.41, 5.74) is 8.36. The zero-order valence-electron chi connectivity index (χ0n) is 9.22. The Morgan fingerprint density at radius 2 is 1.82 bits per heavy atom. The zero-order chi connectivity index (χ0) is 11.7. The van der Waals surface area contributed by atoms with Gasteiger partial charge in [-0.3, -0.25) is 4.98 Å². The van der Waals surface area contributed by atoms with Crippen LogP contribution in [0.1, 0.15) is 0 Å². The zero-order valence-corrected chi connectivity index (χ0v) is 9.22. The second kappa shape index (κ2) is 3.91. The molecule has 0 bridgehead atoms. The first-order chi connectivity index (χ1) is 8.36. The van der Waals surface area contributed by atoms with Crippen LogP contribution >= 0.6 is 0 Å². The van der Waals surface area contributed by atoms with Crippen molar-refractivity contribution in [3.05, 3.63) is 60.8 Å². The van der Waals surface area contributed by atoms with Gasteiger partial charge in [-0.05, 0) is 16.8 Å². The number of nitrogens with two attached hydrogens (primary N) is 1. The Hall–Kier alpha value is -2.35. The lowest BCUT2D eigenvalue weighted by Crippen LogP contribution is -1.93. The number of nitrogen functional groups attached to an aromatic ring is 1. The van der Waals surface area contributed by atoms with Crippen molar-refractivity contribution < 1.29 is 0 Å². The monoisotopic (exact) mass is 219 g/mol. The summed E-state index contributed by atoms with van der Waals surface area (Å²) in [5, 5.41) is 2.35. The molecule has 17 heavy (non-hydrogen) atoms. The Balaban J connectivity index is 2.35. The minimum atomic E-state index is 0.587. The van der Waals surface area contributed by atoms with Crippen LogP contribution in [0.4, 0.5) is 5.69 Å². The molecular formula is C15H11N2. The summed E-state index contributed by atoms with van der Waals surface area (Å²) >= 11 is 0. The van der Waals surface area contributed by atoms with Gasteiger partial charge in [0.25, 0.3) is 0 Å². The van der Waals surface area contributed by atoms with Crippen molar-refractivity contribution in [3.8, 4) is 11.3 Å². The van der Waals surface area contributed by atoms with E-state index in [4.69, 9.17) is 5.73 Å². The number of hydrogen-bond donors (Lipinski definition) is 1. The lowest BCUT2D eigenvalue weighted by molar-refractivity contribution is 1.33. The molecule has 0 aliphatic rings. The first-order valence-corrected chi connectivity index (χ1v) is 5.46. The molecule has 2 aromatic carbocycles. The normalized spacial score (nSPS) is 10.6. The molecule has 2 nitrogen and oxygen atoms in total. The summed E-state index contributed by atoms with van der Waals surface area (Å²) in [6, 6.07) is 19.1. The summed E-state index contributed by atoms with van der Waals surface area (Å²) in [4.78, 5) is 4.34. The van der Waals surface area contributed by atoms with E-state index in [1.54, 1.807) is 12.3 Å². The number of anilines is 1. The number of benzene rings is 2. The minimum absolute atomic E-state index is 0.587. The third kappa shape index (κ3) is 1.64. The van der Waals surface area contributed by atoms with E-state index in [0.717, 1.165) is 16.6 Å². The molecule has 1 radical (unpaired) electrons. The van der Waals surface area contributed by atoms with Gasteiger partial charge in [0.15, 0.2) is 0 Å². The molecule has 1 heterocycles. The molecule has 1 aromatic heterocycles. The van der Waals surface area contributed by atoms with E-state index in [1.165, 1.54) is 5.39 Å². The molecule has 0 saturated heterocycles. The Morgan fingerprint density at radius 1 is 1.00 bits per heavy atom. The minimum Gasteiger partial charge on any atom is -0.396 e. The van der Waals surface area contributed by atoms with Crippen molar-refractivity contribution in [2.75, 3.05) is 5.73 Å². The van der Waals surface area contributed by atoms with Crippen LogP contribution in [-0.4, -0.2) is 4.98 Å². The van der Waals surface area contributed by atoms with E-state index in [9.17, 15) is 0 Å². The van der Waals surface area contributed by atoms with Crippen LogP contribution in [0.25, 0.3) is 22.0 Å². The van der Waals surface area contributed by atoms with Gasteiger partial charge in [0.05, 0.1) is 11.4 Å². The van der Waals surface area contributed by atoms with Gasteiger partial charge in [-0.2, -0.15) is 0 Å². The van der Waals surface area contributed by atoms with E-state index < -0.39 is 0 Å². The standard InChI is InChI=1S/C15H11N2/c16-14-9-4-10-17-15(14)13-8-3-6-11-5-1-2-7-12(11)13/h1-8,10H,16H2. The molecule has 0 amide bonds. The van der Waals surface area contributed by atoms with E-state index in [-0.39, 0.29) is 0 Å². The highest BCUT2D eigenvalue weighted by atomic mass is 14.7. The van der Waals surface area contributed by atoms with Crippen molar-refractivity contribution in [1.82, 2.24) is 4.98 Å². The van der Waals surface area contributed by atoms with Gasteiger partial charge < -0.3 is 5.73 Å². The van der Waals surface area contributed by atoms with Crippen molar-refractivity contribution in [1.29, 1.82) is 0 Å². The highest BCUT2D eigenvalue weighted by molar-refractivity contribution is 5.97. The number of aromatic nitrogens is 1. The van der Waals surface area contributed by atoms with E-state index in [1.807, 2.05) is 24.3 Å². The van der Waals surface area contributed by atoms with Gasteiger partial charge in [-0.25, -0.2) is 0 Å². The molecule has 2 heteroatoms. The van der Waals surface area contributed by atoms with Gasteiger partial charge in [-0.1, -0.05) is 42.5 Å². The smallest absolute Gasteiger partial charge is 0.0943 e. The number of hydrogen-bond acceptors (Lipinski definition) is 2. The predicted molar refractivity (Wildman–Crippen MR) is 70.4 cm³/mol. The van der Waals surface area contributed by atoms with Crippen LogP contribution in [-0.2, 0) is 0 Å². The van der Waals surface area contributed by atoms with Gasteiger partial charge in [0.2, 0.25) is 0 Å². The second-order valence-electron chi connectivity index (χ2n) is 3.88. The van der Waals surface area contributed by atoms with Crippen LogP contribution in [0.5, 0.6) is 0 Å². The van der Waals surface area contributed by atoms with Crippen LogP contribution in [0.2, 0.25) is 0 Å². The fourth-order valence-electron chi connectivity index (χ4n) is 2.02. The van der Waals surface area contributed by atoms with Crippen molar-refractivity contribution in [3.63, 3.8) is 0 Å². The average molecular weight is 219 g/mol. The number of fused-ring (bicyclic) bond motifs is 1. The van der Waals surface area contributed by atoms with E-state index in [0.29, 0.717) is 5.69 Å². The molecule has 3 rings (SSSR count). The van der Waals surface area contributed by atoms with Crippen LogP contribution in [0.3, 0.4) is 0 Å². The first kappa shape index (κ1) is 9.85. The molecule has 0 unspecified atom stereocenters. The third-order valence-electron chi connectivity index (χ3n) is 2.82. The summed E-state index contributed by atoms with van der Waals surface area (Å²) in [6.07, 6.45) is 1.72. The molecule has 0 fully saturated rings. The van der Waals surface area contributed by atoms with Gasteiger partial charge in [0, 0.05) is 17.8 Å². The first-order valence-electron chi connectivity index (χ1n) is 5.46. The highest BCUT2D eigenvalue weighted by Gasteiger charge is 2.07. The third-order valence-corrected chi connectivity index (χ3v) is 2.82. The maximum atomic E-state index is 5.93. The molecule has 0 saturated carbocycles. The summed E-state index contributed by atoms with van der Waals surface area (Å²) in [5.74, 6) is 0. The Labute approximate surface area is 99.7 Å². The molecule has 81 valence electrons. The molecule has 2 N–H and O–H groups in total. The van der Waals surface area contributed by atoms with Gasteiger partial charge in [-0.15, -0.1) is 0 Å². The largest absolute Gasteiger partial charge is 0.396 e. The molecule has 3 aromatic rings. The summed E-state index contributed by atoms with van der Waals surface area (Å²) < 4.78 is 0. The maximum Gasteiger partial charge on any atom is 0.0943 e. The maximum absolute atomic E-state index is 5.93. The SMILES string of the molecule is Nc1[c]ccnc1-c1cccc2ccccc12. The van der Waals surface area contributed by atoms with Crippen molar-refractivity contribution in [2.24, 2.45) is 0 Å². The molecular weight excluding hydrogens is 208 g/mol. The number of rotatable bonds is 1. The molecule has 0 aliphatic carbocycles. The van der Waals surface area contributed by atoms with Crippen LogP contribution in [0.15, 0.2) is 54.7 Å². The van der Waals surface area contributed by atoms with Crippen molar-refractivity contribution >= 4 is 16.5 Å². The van der Waals surface area contributed by atoms with Gasteiger partial charge >= 0.3 is 0 Å². The Bertz CT molecular complexity index is 669. The molecule has 0 atom stereocenters. The van der Waals surface area contributed by atoms with E-state index >= 15 is 0 Å². The quantitative estimate of drug-likeness (QED) is 0.682. The number of nitrogens with zero attached hydrogens (tertiary/aromatic N) is 1. The highest BCUT2D eigenvalue weighted by Crippen LogP contribution is 2.29. The lowest BCUT2D eigenvalue weighted by atomic mass is 10.0. The van der Waals surface area contributed by atoms with Crippen LogP contribution < -0.4 is 5.73 Å². The second-order valence-corrected chi connectivity index (χ2v) is 3.88. The van der Waals surface area contributed by atoms with Crippen molar-refractivity contribution in [2.45, 2.75) is 0 Å². The van der Waals surface area contributed by atoms with Crippen LogP contribution in [0, 0.1) is 6.07 Å². The Kier molecular flexibility index (Phi) is 2.26. The summed E-state index contributed by atoms with van der Waals surface area (Å²) in [7, 11) is 0. The predicted octanol–water partition coefficient (Wildman–Crippen LogP) is 3.28. The topological polar surface area (TPSA) is 38.9 Å². The Morgan fingerprint density at radius 3 is 2.71 bits per heavy atom. The van der Waals surface area contributed by atoms with E-state index in [2.05, 4.69) is 29.2 Å². The summed E-state index contributed by atoms with van der Waals surface area (Å²) in [6.45, 7) is 0. The lowest BCUT2D eigenvalue weighted by Gasteiger charge is -2.07. The molecule has 0 aliphatic heterocycles. The average Bonchev–Trinajstić information content (AvgIpc) is 2.39. The number of pyridine rings is 1. The fourth-order valence-corrected chi connectivity index (χ4v) is 2.02. The molecule has 0 spiro atoms. The van der Waals surface area contributed by atoms with Gasteiger partial charge in [0.1, 0.15) is 0 Å².